The predicted molar refractivity (Wildman–Crippen MR) is 95.7 cm³/mol. The van der Waals surface area contributed by atoms with Crippen molar-refractivity contribution in [2.24, 2.45) is 0 Å². The van der Waals surface area contributed by atoms with Crippen molar-refractivity contribution in [2.45, 2.75) is 19.8 Å². The van der Waals surface area contributed by atoms with Crippen LogP contribution in [0.3, 0.4) is 0 Å². The molecule has 0 aliphatic heterocycles. The highest BCUT2D eigenvalue weighted by atomic mass is 35.5. The zero-order chi connectivity index (χ0) is 16.8. The average molecular weight is 333 g/mol. The van der Waals surface area contributed by atoms with Crippen LogP contribution >= 0.6 is 11.6 Å². The van der Waals surface area contributed by atoms with E-state index in [2.05, 4.69) is 24.5 Å². The Kier molecular flexibility index (Phi) is 5.88. The van der Waals surface area contributed by atoms with Crippen molar-refractivity contribution in [3.05, 3.63) is 53.1 Å². The van der Waals surface area contributed by atoms with Crippen LogP contribution in [0.15, 0.2) is 42.5 Å². The van der Waals surface area contributed by atoms with Crippen molar-refractivity contribution < 1.29 is 9.53 Å². The topological polar surface area (TPSA) is 50.4 Å². The molecule has 2 aromatic rings. The minimum Gasteiger partial charge on any atom is -0.495 e. The van der Waals surface area contributed by atoms with Crippen molar-refractivity contribution in [2.75, 3.05) is 24.3 Å². The maximum Gasteiger partial charge on any atom is 0.243 e. The first-order valence-corrected chi connectivity index (χ1v) is 7.85. The number of hydrogen-bond donors (Lipinski definition) is 2. The van der Waals surface area contributed by atoms with E-state index < -0.39 is 0 Å². The second-order valence-corrected chi connectivity index (χ2v) is 5.92. The van der Waals surface area contributed by atoms with E-state index in [0.717, 1.165) is 11.3 Å². The lowest BCUT2D eigenvalue weighted by Crippen LogP contribution is -2.22. The molecule has 0 fully saturated rings. The van der Waals surface area contributed by atoms with Crippen LogP contribution in [0.4, 0.5) is 11.4 Å². The number of methoxy groups -OCH3 is 1. The standard InChI is InChI=1S/C18H21ClN2O2/c1-12(2)14-6-4-5-7-15(14)21-18(22)11-20-16-10-13(19)8-9-17(16)23-3/h4-10,12,20H,11H2,1-3H3,(H,21,22). The number of benzene rings is 2. The summed E-state index contributed by atoms with van der Waals surface area (Å²) in [5.74, 6) is 0.859. The molecule has 0 spiro atoms. The molecular weight excluding hydrogens is 312 g/mol. The summed E-state index contributed by atoms with van der Waals surface area (Å²) in [6, 6.07) is 13.0. The molecule has 2 N–H and O–H groups in total. The van der Waals surface area contributed by atoms with Gasteiger partial charge in [-0.3, -0.25) is 4.79 Å². The summed E-state index contributed by atoms with van der Waals surface area (Å²) >= 11 is 5.98. The molecule has 0 saturated heterocycles. The van der Waals surface area contributed by atoms with Crippen LogP contribution in [-0.2, 0) is 4.79 Å². The van der Waals surface area contributed by atoms with Gasteiger partial charge in [0.1, 0.15) is 5.75 Å². The van der Waals surface area contributed by atoms with Crippen LogP contribution in [0.2, 0.25) is 5.02 Å². The van der Waals surface area contributed by atoms with Crippen LogP contribution in [0.25, 0.3) is 0 Å². The van der Waals surface area contributed by atoms with Crippen LogP contribution in [-0.4, -0.2) is 19.6 Å². The molecule has 122 valence electrons. The number of halogens is 1. The Labute approximate surface area is 141 Å². The molecule has 0 atom stereocenters. The van der Waals surface area contributed by atoms with E-state index in [1.54, 1.807) is 25.3 Å². The Balaban J connectivity index is 2.03. The molecule has 4 nitrogen and oxygen atoms in total. The summed E-state index contributed by atoms with van der Waals surface area (Å²) in [6.07, 6.45) is 0. The van der Waals surface area contributed by atoms with Gasteiger partial charge in [-0.25, -0.2) is 0 Å². The normalized spacial score (nSPS) is 10.5. The van der Waals surface area contributed by atoms with Crippen molar-refractivity contribution in [3.8, 4) is 5.75 Å². The number of nitrogens with one attached hydrogen (secondary N) is 2. The van der Waals surface area contributed by atoms with Gasteiger partial charge in [-0.1, -0.05) is 43.6 Å². The fraction of sp³-hybridized carbons (Fsp3) is 0.278. The fourth-order valence-corrected chi connectivity index (χ4v) is 2.47. The summed E-state index contributed by atoms with van der Waals surface area (Å²) < 4.78 is 5.25. The summed E-state index contributed by atoms with van der Waals surface area (Å²) in [4.78, 5) is 12.2. The summed E-state index contributed by atoms with van der Waals surface area (Å²) in [5, 5.41) is 6.57. The van der Waals surface area contributed by atoms with Gasteiger partial charge in [0.25, 0.3) is 0 Å². The number of amides is 1. The molecule has 23 heavy (non-hydrogen) atoms. The van der Waals surface area contributed by atoms with E-state index in [0.29, 0.717) is 22.4 Å². The van der Waals surface area contributed by atoms with Crippen molar-refractivity contribution >= 4 is 28.9 Å². The quantitative estimate of drug-likeness (QED) is 0.817. The zero-order valence-corrected chi connectivity index (χ0v) is 14.3. The number of rotatable bonds is 6. The smallest absolute Gasteiger partial charge is 0.243 e. The van der Waals surface area contributed by atoms with Crippen molar-refractivity contribution in [1.82, 2.24) is 0 Å². The lowest BCUT2D eigenvalue weighted by Gasteiger charge is -2.15. The molecule has 0 bridgehead atoms. The summed E-state index contributed by atoms with van der Waals surface area (Å²) in [7, 11) is 1.58. The highest BCUT2D eigenvalue weighted by molar-refractivity contribution is 6.30. The zero-order valence-electron chi connectivity index (χ0n) is 13.5. The van der Waals surface area contributed by atoms with Gasteiger partial charge in [0.15, 0.2) is 0 Å². The summed E-state index contributed by atoms with van der Waals surface area (Å²) in [5.41, 5.74) is 2.64. The predicted octanol–water partition coefficient (Wildman–Crippen LogP) is 4.52. The molecule has 0 radical (unpaired) electrons. The minimum absolute atomic E-state index is 0.125. The van der Waals surface area contributed by atoms with Gasteiger partial charge in [0.05, 0.1) is 19.3 Å². The Morgan fingerprint density at radius 3 is 2.61 bits per heavy atom. The maximum atomic E-state index is 12.2. The first kappa shape index (κ1) is 17.2. The molecule has 2 rings (SSSR count). The fourth-order valence-electron chi connectivity index (χ4n) is 2.30. The third-order valence-corrected chi connectivity index (χ3v) is 3.69. The first-order chi connectivity index (χ1) is 11.0. The molecule has 0 aliphatic carbocycles. The van der Waals surface area contributed by atoms with Gasteiger partial charge < -0.3 is 15.4 Å². The Bertz CT molecular complexity index is 686. The molecular formula is C18H21ClN2O2. The first-order valence-electron chi connectivity index (χ1n) is 7.47. The molecule has 0 aromatic heterocycles. The molecule has 2 aromatic carbocycles. The maximum absolute atomic E-state index is 12.2. The van der Waals surface area contributed by atoms with Gasteiger partial charge in [-0.2, -0.15) is 0 Å². The van der Waals surface area contributed by atoms with Crippen LogP contribution in [0.5, 0.6) is 5.75 Å². The number of anilines is 2. The molecule has 0 saturated carbocycles. The van der Waals surface area contributed by atoms with E-state index in [1.807, 2.05) is 24.3 Å². The van der Waals surface area contributed by atoms with Crippen LogP contribution in [0, 0.1) is 0 Å². The van der Waals surface area contributed by atoms with E-state index >= 15 is 0 Å². The third-order valence-electron chi connectivity index (χ3n) is 3.46. The SMILES string of the molecule is COc1ccc(Cl)cc1NCC(=O)Nc1ccccc1C(C)C. The van der Waals surface area contributed by atoms with E-state index in [1.165, 1.54) is 0 Å². The molecule has 0 aliphatic rings. The number of carbonyl (C=O) groups excluding carboxylic acids is 1. The third kappa shape index (κ3) is 4.63. The highest BCUT2D eigenvalue weighted by Crippen LogP contribution is 2.27. The van der Waals surface area contributed by atoms with Gasteiger partial charge in [0, 0.05) is 10.7 Å². The second-order valence-electron chi connectivity index (χ2n) is 5.49. The number of hydrogen-bond acceptors (Lipinski definition) is 3. The minimum atomic E-state index is -0.125. The van der Waals surface area contributed by atoms with Crippen LogP contribution < -0.4 is 15.4 Å². The number of ether oxygens (including phenoxy) is 1. The lowest BCUT2D eigenvalue weighted by molar-refractivity contribution is -0.114. The van der Waals surface area contributed by atoms with E-state index in [9.17, 15) is 4.79 Å². The largest absolute Gasteiger partial charge is 0.495 e. The highest BCUT2D eigenvalue weighted by Gasteiger charge is 2.10. The van der Waals surface area contributed by atoms with Crippen molar-refractivity contribution in [3.63, 3.8) is 0 Å². The van der Waals surface area contributed by atoms with Gasteiger partial charge in [0.2, 0.25) is 5.91 Å². The monoisotopic (exact) mass is 332 g/mol. The van der Waals surface area contributed by atoms with Gasteiger partial charge in [-0.15, -0.1) is 0 Å². The molecule has 1 amide bonds. The Morgan fingerprint density at radius 1 is 1.17 bits per heavy atom. The molecule has 5 heteroatoms. The molecule has 0 unspecified atom stereocenters. The number of para-hydroxylation sites is 1. The summed E-state index contributed by atoms with van der Waals surface area (Å²) in [6.45, 7) is 4.32. The average Bonchev–Trinajstić information content (AvgIpc) is 2.53. The lowest BCUT2D eigenvalue weighted by atomic mass is 10.0. The Hall–Kier alpha value is -2.20. The van der Waals surface area contributed by atoms with Crippen LogP contribution in [0.1, 0.15) is 25.3 Å². The molecule has 0 heterocycles. The van der Waals surface area contributed by atoms with E-state index in [4.69, 9.17) is 16.3 Å². The number of carbonyl (C=O) groups is 1. The van der Waals surface area contributed by atoms with Crippen molar-refractivity contribution in [1.29, 1.82) is 0 Å². The van der Waals surface area contributed by atoms with Gasteiger partial charge >= 0.3 is 0 Å². The Morgan fingerprint density at radius 2 is 1.91 bits per heavy atom. The van der Waals surface area contributed by atoms with E-state index in [-0.39, 0.29) is 12.5 Å². The second kappa shape index (κ2) is 7.88. The van der Waals surface area contributed by atoms with Gasteiger partial charge in [-0.05, 0) is 35.7 Å².